The number of benzene rings is 1. The van der Waals surface area contributed by atoms with Crippen LogP contribution in [0.1, 0.15) is 16.1 Å². The summed E-state index contributed by atoms with van der Waals surface area (Å²) in [5.74, 6) is -0.475. The lowest BCUT2D eigenvalue weighted by atomic mass is 10.3. The van der Waals surface area contributed by atoms with Gasteiger partial charge in [0, 0.05) is 36.2 Å². The number of methoxy groups -OCH3 is 1. The number of nitrogens with one attached hydrogen (secondary N) is 2. The zero-order valence-corrected chi connectivity index (χ0v) is 16.1. The summed E-state index contributed by atoms with van der Waals surface area (Å²) in [5.41, 5.74) is 0.426. The van der Waals surface area contributed by atoms with Gasteiger partial charge in [-0.3, -0.25) is 9.59 Å². The highest BCUT2D eigenvalue weighted by atomic mass is 35.5. The molecular formula is C18H18ClFN2O4S. The summed E-state index contributed by atoms with van der Waals surface area (Å²) in [7, 11) is 1.53. The summed E-state index contributed by atoms with van der Waals surface area (Å²) in [6.45, 7) is 3.73. The Hall–Kier alpha value is -2.58. The second kappa shape index (κ2) is 9.94. The fourth-order valence-corrected chi connectivity index (χ4v) is 2.86. The third-order valence-electron chi connectivity index (χ3n) is 3.32. The highest BCUT2D eigenvalue weighted by Gasteiger charge is 2.10. The van der Waals surface area contributed by atoms with Gasteiger partial charge in [0.1, 0.15) is 17.3 Å². The van der Waals surface area contributed by atoms with Crippen molar-refractivity contribution in [3.8, 4) is 11.5 Å². The minimum absolute atomic E-state index is 0.0248. The second-order valence-electron chi connectivity index (χ2n) is 5.37. The van der Waals surface area contributed by atoms with E-state index < -0.39 is 11.7 Å². The van der Waals surface area contributed by atoms with Crippen molar-refractivity contribution in [2.45, 2.75) is 6.42 Å². The highest BCUT2D eigenvalue weighted by Crippen LogP contribution is 2.21. The van der Waals surface area contributed by atoms with Crippen molar-refractivity contribution in [2.24, 2.45) is 0 Å². The van der Waals surface area contributed by atoms with E-state index >= 15 is 0 Å². The molecule has 2 rings (SSSR count). The van der Waals surface area contributed by atoms with Crippen LogP contribution in [0.15, 0.2) is 41.9 Å². The smallest absolute Gasteiger partial charge is 0.262 e. The molecule has 0 aliphatic carbocycles. The summed E-state index contributed by atoms with van der Waals surface area (Å²) in [6, 6.07) is 5.55. The van der Waals surface area contributed by atoms with Crippen molar-refractivity contribution in [1.82, 2.24) is 10.6 Å². The lowest BCUT2D eigenvalue weighted by Crippen LogP contribution is -2.30. The molecule has 0 bridgehead atoms. The van der Waals surface area contributed by atoms with Gasteiger partial charge in [0.25, 0.3) is 11.8 Å². The van der Waals surface area contributed by atoms with Crippen molar-refractivity contribution in [1.29, 1.82) is 0 Å². The second-order valence-corrected chi connectivity index (χ2v) is 6.69. The monoisotopic (exact) mass is 412 g/mol. The Bertz CT molecular complexity index is 841. The average molecular weight is 413 g/mol. The largest absolute Gasteiger partial charge is 0.496 e. The topological polar surface area (TPSA) is 76.7 Å². The zero-order valence-electron chi connectivity index (χ0n) is 14.5. The number of halogens is 2. The third-order valence-corrected chi connectivity index (χ3v) is 4.54. The Morgan fingerprint density at radius 1 is 1.30 bits per heavy atom. The van der Waals surface area contributed by atoms with Gasteiger partial charge >= 0.3 is 0 Å². The van der Waals surface area contributed by atoms with Gasteiger partial charge in [0.05, 0.1) is 17.0 Å². The SMILES string of the molecule is C=C(CCNC(=O)c1cc(OC)cs1)NC(=O)COc1ccc(Cl)c(F)c1. The lowest BCUT2D eigenvalue weighted by molar-refractivity contribution is -0.122. The van der Waals surface area contributed by atoms with E-state index in [1.807, 2.05) is 0 Å². The van der Waals surface area contributed by atoms with Crippen molar-refractivity contribution in [2.75, 3.05) is 20.3 Å². The van der Waals surface area contributed by atoms with Gasteiger partial charge in [-0.1, -0.05) is 18.2 Å². The molecule has 6 nitrogen and oxygen atoms in total. The van der Waals surface area contributed by atoms with Crippen LogP contribution in [0.5, 0.6) is 11.5 Å². The maximum absolute atomic E-state index is 13.3. The Kier molecular flexibility index (Phi) is 7.63. The predicted octanol–water partition coefficient (Wildman–Crippen LogP) is 3.38. The molecule has 0 radical (unpaired) electrons. The van der Waals surface area contributed by atoms with Crippen LogP contribution < -0.4 is 20.1 Å². The minimum Gasteiger partial charge on any atom is -0.496 e. The molecular weight excluding hydrogens is 395 g/mol. The summed E-state index contributed by atoms with van der Waals surface area (Å²) < 4.78 is 23.5. The fraction of sp³-hybridized carbons (Fsp3) is 0.222. The third kappa shape index (κ3) is 6.58. The number of ether oxygens (including phenoxy) is 2. The van der Waals surface area contributed by atoms with Gasteiger partial charge in [0.2, 0.25) is 0 Å². The van der Waals surface area contributed by atoms with E-state index in [4.69, 9.17) is 21.1 Å². The van der Waals surface area contributed by atoms with E-state index in [1.165, 1.54) is 30.6 Å². The molecule has 2 amide bonds. The quantitative estimate of drug-likeness (QED) is 0.662. The Morgan fingerprint density at radius 3 is 2.74 bits per heavy atom. The molecule has 2 N–H and O–H groups in total. The lowest BCUT2D eigenvalue weighted by Gasteiger charge is -2.10. The molecule has 1 aromatic heterocycles. The molecule has 9 heteroatoms. The first-order chi connectivity index (χ1) is 12.9. The van der Waals surface area contributed by atoms with Crippen molar-refractivity contribution in [3.05, 3.63) is 57.6 Å². The first-order valence-corrected chi connectivity index (χ1v) is 9.11. The minimum atomic E-state index is -0.627. The molecule has 0 fully saturated rings. The van der Waals surface area contributed by atoms with Crippen LogP contribution in [0.4, 0.5) is 4.39 Å². The molecule has 2 aromatic rings. The number of carbonyl (C=O) groups is 2. The molecule has 1 heterocycles. The standard InChI is InChI=1S/C18H18ClFN2O4S/c1-11(5-6-21-18(24)16-8-13(25-2)10-27-16)22-17(23)9-26-12-3-4-14(19)15(20)7-12/h3-4,7-8,10H,1,5-6,9H2,2H3,(H,21,24)(H,22,23). The van der Waals surface area contributed by atoms with Crippen LogP contribution in [0.3, 0.4) is 0 Å². The predicted molar refractivity (Wildman–Crippen MR) is 102 cm³/mol. The van der Waals surface area contributed by atoms with Gasteiger partial charge in [-0.2, -0.15) is 0 Å². The van der Waals surface area contributed by atoms with Crippen LogP contribution in [-0.4, -0.2) is 32.1 Å². The maximum Gasteiger partial charge on any atom is 0.262 e. The molecule has 0 atom stereocenters. The number of hydrogen-bond acceptors (Lipinski definition) is 5. The van der Waals surface area contributed by atoms with E-state index in [-0.39, 0.29) is 23.3 Å². The molecule has 1 aromatic carbocycles. The summed E-state index contributed by atoms with van der Waals surface area (Å²) in [4.78, 5) is 24.3. The molecule has 0 saturated carbocycles. The number of carbonyl (C=O) groups excluding carboxylic acids is 2. The van der Waals surface area contributed by atoms with Crippen molar-refractivity contribution < 1.29 is 23.5 Å². The van der Waals surface area contributed by atoms with Crippen LogP contribution in [-0.2, 0) is 4.79 Å². The summed E-state index contributed by atoms with van der Waals surface area (Å²) in [5, 5.41) is 7.00. The molecule has 27 heavy (non-hydrogen) atoms. The summed E-state index contributed by atoms with van der Waals surface area (Å²) >= 11 is 6.85. The van der Waals surface area contributed by atoms with Gasteiger partial charge < -0.3 is 20.1 Å². The highest BCUT2D eigenvalue weighted by molar-refractivity contribution is 7.12. The van der Waals surface area contributed by atoms with Crippen LogP contribution >= 0.6 is 22.9 Å². The van der Waals surface area contributed by atoms with E-state index in [0.717, 1.165) is 6.07 Å². The van der Waals surface area contributed by atoms with Gasteiger partial charge in [-0.15, -0.1) is 11.3 Å². The van der Waals surface area contributed by atoms with Crippen LogP contribution in [0, 0.1) is 5.82 Å². The van der Waals surface area contributed by atoms with Gasteiger partial charge in [-0.25, -0.2) is 4.39 Å². The van der Waals surface area contributed by atoms with Crippen LogP contribution in [0.2, 0.25) is 5.02 Å². The van der Waals surface area contributed by atoms with E-state index in [2.05, 4.69) is 17.2 Å². The summed E-state index contributed by atoms with van der Waals surface area (Å²) in [6.07, 6.45) is 0.357. The first kappa shape index (κ1) is 20.7. The molecule has 0 aliphatic heterocycles. The molecule has 0 saturated heterocycles. The van der Waals surface area contributed by atoms with Crippen molar-refractivity contribution >= 4 is 34.8 Å². The average Bonchev–Trinajstić information content (AvgIpc) is 3.12. The Balaban J connectivity index is 1.67. The molecule has 0 unspecified atom stereocenters. The van der Waals surface area contributed by atoms with E-state index in [9.17, 15) is 14.0 Å². The number of amides is 2. The number of hydrogen-bond donors (Lipinski definition) is 2. The first-order valence-electron chi connectivity index (χ1n) is 7.85. The Morgan fingerprint density at radius 2 is 2.07 bits per heavy atom. The maximum atomic E-state index is 13.3. The molecule has 0 aliphatic rings. The Labute approximate surface area is 164 Å². The van der Waals surface area contributed by atoms with Crippen LogP contribution in [0.25, 0.3) is 0 Å². The van der Waals surface area contributed by atoms with Gasteiger partial charge in [0.15, 0.2) is 6.61 Å². The van der Waals surface area contributed by atoms with E-state index in [1.54, 1.807) is 11.4 Å². The molecule has 144 valence electrons. The normalized spacial score (nSPS) is 10.2. The zero-order chi connectivity index (χ0) is 19.8. The van der Waals surface area contributed by atoms with E-state index in [0.29, 0.717) is 29.3 Å². The van der Waals surface area contributed by atoms with Crippen molar-refractivity contribution in [3.63, 3.8) is 0 Å². The fourth-order valence-electron chi connectivity index (χ4n) is 1.97. The van der Waals surface area contributed by atoms with Gasteiger partial charge in [-0.05, 0) is 12.1 Å². The number of rotatable bonds is 9. The number of thiophene rings is 1. The molecule has 0 spiro atoms.